The summed E-state index contributed by atoms with van der Waals surface area (Å²) in [6.45, 7) is 9.75. The Morgan fingerprint density at radius 3 is 2.62 bits per heavy atom. The molecule has 4 nitrogen and oxygen atoms in total. The maximum Gasteiger partial charge on any atom is 0.251 e. The first-order valence-corrected chi connectivity index (χ1v) is 10.8. The van der Waals surface area contributed by atoms with E-state index in [1.807, 2.05) is 31.2 Å². The van der Waals surface area contributed by atoms with E-state index in [2.05, 4.69) is 42.3 Å². The Labute approximate surface area is 175 Å². The maximum absolute atomic E-state index is 12.8. The number of nitrogens with zero attached hydrogens (tertiary/aromatic N) is 1. The fraction of sp³-hybridized carbons (Fsp3) is 0.480. The lowest BCUT2D eigenvalue weighted by molar-refractivity contribution is 0.0935. The van der Waals surface area contributed by atoms with E-state index in [9.17, 15) is 4.79 Å². The molecule has 0 spiro atoms. The molecular formula is C25H34N2O2. The number of rotatable bonds is 7. The average molecular weight is 395 g/mol. The zero-order chi connectivity index (χ0) is 20.8. The molecule has 1 saturated heterocycles. The molecular weight excluding hydrogens is 360 g/mol. The van der Waals surface area contributed by atoms with Crippen molar-refractivity contribution in [2.75, 3.05) is 20.2 Å². The molecule has 1 fully saturated rings. The number of carbonyl (C=O) groups excluding carboxylic acids is 1. The molecule has 1 N–H and O–H groups in total. The fourth-order valence-corrected chi connectivity index (χ4v) is 4.23. The standard InChI is InChI=1S/C25H34N2O2/c1-5-23(22-12-13-24(29-4)19(3)15-22)26-25(28)21-10-8-20(9-11-21)17-27-14-6-7-18(2)16-27/h8-13,15,18,23H,5-7,14,16-17H2,1-4H3,(H,26,28)/t18-,23+/m1/s1. The molecule has 2 aromatic rings. The van der Waals surface area contributed by atoms with E-state index in [0.29, 0.717) is 5.56 Å². The van der Waals surface area contributed by atoms with Crippen molar-refractivity contribution in [3.05, 3.63) is 64.7 Å². The summed E-state index contributed by atoms with van der Waals surface area (Å²) in [5.74, 6) is 1.62. The third kappa shape index (κ3) is 5.60. The minimum atomic E-state index is -0.0246. The molecule has 1 aliphatic heterocycles. The van der Waals surface area contributed by atoms with Gasteiger partial charge >= 0.3 is 0 Å². The van der Waals surface area contributed by atoms with Crippen molar-refractivity contribution in [2.45, 2.75) is 52.6 Å². The highest BCUT2D eigenvalue weighted by molar-refractivity contribution is 5.94. The third-order valence-electron chi connectivity index (χ3n) is 5.90. The number of carbonyl (C=O) groups is 1. The van der Waals surface area contributed by atoms with Gasteiger partial charge in [-0.15, -0.1) is 0 Å². The quantitative estimate of drug-likeness (QED) is 0.709. The lowest BCUT2D eigenvalue weighted by Gasteiger charge is -2.30. The highest BCUT2D eigenvalue weighted by Crippen LogP contribution is 2.24. The SMILES string of the molecule is CC[C@H](NC(=O)c1ccc(CN2CCC[C@@H](C)C2)cc1)c1ccc(OC)c(C)c1. The van der Waals surface area contributed by atoms with Crippen molar-refractivity contribution in [2.24, 2.45) is 5.92 Å². The summed E-state index contributed by atoms with van der Waals surface area (Å²) >= 11 is 0. The normalized spacial score (nSPS) is 18.3. The van der Waals surface area contributed by atoms with E-state index >= 15 is 0 Å². The number of likely N-dealkylation sites (tertiary alicyclic amines) is 1. The van der Waals surface area contributed by atoms with Crippen molar-refractivity contribution < 1.29 is 9.53 Å². The highest BCUT2D eigenvalue weighted by atomic mass is 16.5. The molecule has 0 aliphatic carbocycles. The van der Waals surface area contributed by atoms with Gasteiger partial charge in [-0.2, -0.15) is 0 Å². The maximum atomic E-state index is 12.8. The van der Waals surface area contributed by atoms with Gasteiger partial charge in [0.25, 0.3) is 5.91 Å². The molecule has 156 valence electrons. The molecule has 2 aromatic carbocycles. The lowest BCUT2D eigenvalue weighted by Crippen LogP contribution is -2.33. The largest absolute Gasteiger partial charge is 0.496 e. The minimum absolute atomic E-state index is 0.0124. The van der Waals surface area contributed by atoms with Gasteiger partial charge in [0, 0.05) is 18.7 Å². The molecule has 29 heavy (non-hydrogen) atoms. The second-order valence-electron chi connectivity index (χ2n) is 8.34. The third-order valence-corrected chi connectivity index (χ3v) is 5.90. The van der Waals surface area contributed by atoms with E-state index in [1.165, 1.54) is 31.5 Å². The second-order valence-corrected chi connectivity index (χ2v) is 8.34. The number of hydrogen-bond donors (Lipinski definition) is 1. The Hall–Kier alpha value is -2.33. The van der Waals surface area contributed by atoms with Crippen LogP contribution in [0.2, 0.25) is 0 Å². The molecule has 0 bridgehead atoms. The average Bonchev–Trinajstić information content (AvgIpc) is 2.72. The van der Waals surface area contributed by atoms with Crippen molar-refractivity contribution in [1.82, 2.24) is 10.2 Å². The van der Waals surface area contributed by atoms with E-state index in [1.54, 1.807) is 7.11 Å². The van der Waals surface area contributed by atoms with Crippen LogP contribution in [-0.2, 0) is 6.54 Å². The summed E-state index contributed by atoms with van der Waals surface area (Å²) in [7, 11) is 1.68. The Bertz CT molecular complexity index is 816. The molecule has 2 atom stereocenters. The van der Waals surface area contributed by atoms with Crippen molar-refractivity contribution in [3.8, 4) is 5.75 Å². The number of piperidine rings is 1. The predicted molar refractivity (Wildman–Crippen MR) is 118 cm³/mol. The van der Waals surface area contributed by atoms with Gasteiger partial charge in [-0.05, 0) is 73.5 Å². The molecule has 1 amide bonds. The summed E-state index contributed by atoms with van der Waals surface area (Å²) in [6.07, 6.45) is 3.45. The van der Waals surface area contributed by atoms with Crippen molar-refractivity contribution in [1.29, 1.82) is 0 Å². The molecule has 1 aliphatic rings. The molecule has 0 radical (unpaired) electrons. The Balaban J connectivity index is 1.62. The van der Waals surface area contributed by atoms with E-state index in [4.69, 9.17) is 4.74 Å². The molecule has 4 heteroatoms. The first-order valence-electron chi connectivity index (χ1n) is 10.8. The number of amides is 1. The van der Waals surface area contributed by atoms with Gasteiger partial charge in [-0.3, -0.25) is 9.69 Å². The van der Waals surface area contributed by atoms with Crippen LogP contribution in [0.4, 0.5) is 0 Å². The zero-order valence-corrected chi connectivity index (χ0v) is 18.2. The lowest BCUT2D eigenvalue weighted by atomic mass is 9.99. The summed E-state index contributed by atoms with van der Waals surface area (Å²) in [6, 6.07) is 14.2. The Kier molecular flexibility index (Phi) is 7.32. The van der Waals surface area contributed by atoms with E-state index in [-0.39, 0.29) is 11.9 Å². The Morgan fingerprint density at radius 2 is 2.00 bits per heavy atom. The summed E-state index contributed by atoms with van der Waals surface area (Å²) in [5, 5.41) is 3.18. The molecule has 0 saturated carbocycles. The molecule has 0 aromatic heterocycles. The van der Waals surface area contributed by atoms with Gasteiger partial charge in [0.1, 0.15) is 5.75 Å². The van der Waals surface area contributed by atoms with Gasteiger partial charge in [0.2, 0.25) is 0 Å². The minimum Gasteiger partial charge on any atom is -0.496 e. The van der Waals surface area contributed by atoms with E-state index in [0.717, 1.165) is 35.8 Å². The first kappa shape index (κ1) is 21.4. The molecule has 1 heterocycles. The van der Waals surface area contributed by atoms with Crippen LogP contribution in [0.1, 0.15) is 66.2 Å². The van der Waals surface area contributed by atoms with Gasteiger partial charge < -0.3 is 10.1 Å². The predicted octanol–water partition coefficient (Wildman–Crippen LogP) is 5.12. The van der Waals surface area contributed by atoms with Gasteiger partial charge in [-0.25, -0.2) is 0 Å². The number of hydrogen-bond acceptors (Lipinski definition) is 3. The number of nitrogens with one attached hydrogen (secondary N) is 1. The topological polar surface area (TPSA) is 41.6 Å². The van der Waals surface area contributed by atoms with Crippen LogP contribution in [0.5, 0.6) is 5.75 Å². The number of methoxy groups -OCH3 is 1. The molecule has 0 unspecified atom stereocenters. The molecule has 3 rings (SSSR count). The van der Waals surface area contributed by atoms with Gasteiger partial charge in [0.15, 0.2) is 0 Å². The highest BCUT2D eigenvalue weighted by Gasteiger charge is 2.17. The van der Waals surface area contributed by atoms with E-state index < -0.39 is 0 Å². The fourth-order valence-electron chi connectivity index (χ4n) is 4.23. The van der Waals surface area contributed by atoms with Crippen LogP contribution in [-0.4, -0.2) is 31.0 Å². The number of ether oxygens (including phenoxy) is 1. The van der Waals surface area contributed by atoms with Crippen LogP contribution in [0.15, 0.2) is 42.5 Å². The van der Waals surface area contributed by atoms with Crippen LogP contribution in [0.25, 0.3) is 0 Å². The van der Waals surface area contributed by atoms with Gasteiger partial charge in [0.05, 0.1) is 13.2 Å². The summed E-state index contributed by atoms with van der Waals surface area (Å²) in [5.41, 5.74) is 4.17. The zero-order valence-electron chi connectivity index (χ0n) is 18.2. The van der Waals surface area contributed by atoms with Crippen LogP contribution in [0.3, 0.4) is 0 Å². The summed E-state index contributed by atoms with van der Waals surface area (Å²) < 4.78 is 5.34. The van der Waals surface area contributed by atoms with Crippen molar-refractivity contribution >= 4 is 5.91 Å². The van der Waals surface area contributed by atoms with Crippen LogP contribution < -0.4 is 10.1 Å². The number of benzene rings is 2. The van der Waals surface area contributed by atoms with Crippen LogP contribution >= 0.6 is 0 Å². The second kappa shape index (κ2) is 9.93. The van der Waals surface area contributed by atoms with Crippen molar-refractivity contribution in [3.63, 3.8) is 0 Å². The summed E-state index contributed by atoms with van der Waals surface area (Å²) in [4.78, 5) is 15.3. The van der Waals surface area contributed by atoms with Gasteiger partial charge in [-0.1, -0.05) is 38.1 Å². The number of aryl methyl sites for hydroxylation is 1. The Morgan fingerprint density at radius 1 is 1.24 bits per heavy atom. The van der Waals surface area contributed by atoms with Crippen LogP contribution in [0, 0.1) is 12.8 Å². The first-order chi connectivity index (χ1) is 14.0. The monoisotopic (exact) mass is 394 g/mol. The smallest absolute Gasteiger partial charge is 0.251 e.